The lowest BCUT2D eigenvalue weighted by molar-refractivity contribution is -0.174. The summed E-state index contributed by atoms with van der Waals surface area (Å²) in [6.45, 7) is 3.43. The van der Waals surface area contributed by atoms with Crippen LogP contribution in [0.5, 0.6) is 0 Å². The number of aliphatic hydroxyl groups is 1. The third-order valence-electron chi connectivity index (χ3n) is 4.58. The van der Waals surface area contributed by atoms with Crippen molar-refractivity contribution in [2.24, 2.45) is 5.92 Å². The maximum absolute atomic E-state index is 12.7. The number of hydrogen-bond donors (Lipinski definition) is 2. The normalized spacial score (nSPS) is 16.7. The standard InChI is InChI=1S/C20H27NO3.ClH/c1-2-21-15-9-10-16-24-19(22)20(23,17-11-5-3-6-12-17)18-13-7-4-8-14-18;/h3,5-6,11-12,18,21,23H,2,4,7-8,13-16H2,1H3;1H/t20-;/m1./s1. The molecule has 2 N–H and O–H groups in total. The molecule has 0 aromatic heterocycles. The fraction of sp³-hybridized carbons (Fsp3) is 0.550. The van der Waals surface area contributed by atoms with E-state index in [1.807, 2.05) is 25.1 Å². The second-order valence-corrected chi connectivity index (χ2v) is 6.18. The van der Waals surface area contributed by atoms with Gasteiger partial charge in [0.2, 0.25) is 0 Å². The van der Waals surface area contributed by atoms with Crippen molar-refractivity contribution in [3.63, 3.8) is 0 Å². The Bertz CT molecular complexity index is 576. The first kappa shape index (κ1) is 21.5. The van der Waals surface area contributed by atoms with Crippen LogP contribution in [0.15, 0.2) is 30.3 Å². The Balaban J connectivity index is 0.00000312. The maximum atomic E-state index is 12.7. The van der Waals surface area contributed by atoms with E-state index in [0.717, 1.165) is 38.6 Å². The van der Waals surface area contributed by atoms with Gasteiger partial charge in [0, 0.05) is 5.92 Å². The first-order valence-electron chi connectivity index (χ1n) is 8.81. The van der Waals surface area contributed by atoms with E-state index in [4.69, 9.17) is 4.74 Å². The molecule has 2 rings (SSSR count). The summed E-state index contributed by atoms with van der Waals surface area (Å²) in [6, 6.07) is 9.15. The summed E-state index contributed by atoms with van der Waals surface area (Å²) in [5.74, 6) is 5.02. The van der Waals surface area contributed by atoms with Gasteiger partial charge in [0.15, 0.2) is 12.2 Å². The fourth-order valence-corrected chi connectivity index (χ4v) is 3.25. The first-order chi connectivity index (χ1) is 11.7. The third-order valence-corrected chi connectivity index (χ3v) is 4.58. The second-order valence-electron chi connectivity index (χ2n) is 6.18. The number of carbonyl (C=O) groups excluding carboxylic acids is 1. The number of hydrogen-bond acceptors (Lipinski definition) is 4. The predicted molar refractivity (Wildman–Crippen MR) is 101 cm³/mol. The van der Waals surface area contributed by atoms with Gasteiger partial charge >= 0.3 is 5.97 Å². The highest BCUT2D eigenvalue weighted by molar-refractivity contribution is 5.85. The van der Waals surface area contributed by atoms with Crippen LogP contribution >= 0.6 is 12.4 Å². The van der Waals surface area contributed by atoms with Gasteiger partial charge in [-0.1, -0.05) is 68.4 Å². The van der Waals surface area contributed by atoms with Gasteiger partial charge in [-0.05, 0) is 24.9 Å². The summed E-state index contributed by atoms with van der Waals surface area (Å²) in [5.41, 5.74) is -0.965. The molecule has 0 spiro atoms. The number of carbonyl (C=O) groups is 1. The van der Waals surface area contributed by atoms with Crippen molar-refractivity contribution in [3.8, 4) is 11.8 Å². The van der Waals surface area contributed by atoms with Crippen LogP contribution < -0.4 is 5.32 Å². The van der Waals surface area contributed by atoms with Crippen molar-refractivity contribution < 1.29 is 14.6 Å². The zero-order valence-electron chi connectivity index (χ0n) is 14.8. The predicted octanol–water partition coefficient (Wildman–Crippen LogP) is 3.03. The van der Waals surface area contributed by atoms with Gasteiger partial charge in [-0.3, -0.25) is 0 Å². The van der Waals surface area contributed by atoms with Gasteiger partial charge in [0.25, 0.3) is 0 Å². The summed E-state index contributed by atoms with van der Waals surface area (Å²) in [7, 11) is 0. The summed E-state index contributed by atoms with van der Waals surface area (Å²) in [6.07, 6.45) is 4.91. The van der Waals surface area contributed by atoms with E-state index in [0.29, 0.717) is 12.1 Å². The molecular formula is C20H28ClNO3. The largest absolute Gasteiger partial charge is 0.450 e. The molecule has 25 heavy (non-hydrogen) atoms. The zero-order chi connectivity index (χ0) is 17.3. The van der Waals surface area contributed by atoms with E-state index in [1.54, 1.807) is 12.1 Å². The summed E-state index contributed by atoms with van der Waals surface area (Å²) in [5, 5.41) is 14.4. The van der Waals surface area contributed by atoms with E-state index in [-0.39, 0.29) is 24.9 Å². The van der Waals surface area contributed by atoms with E-state index < -0.39 is 11.6 Å². The van der Waals surface area contributed by atoms with Crippen LogP contribution in [0, 0.1) is 17.8 Å². The molecule has 0 amide bonds. The molecule has 1 aromatic carbocycles. The quantitative estimate of drug-likeness (QED) is 0.462. The highest BCUT2D eigenvalue weighted by Gasteiger charge is 2.46. The molecule has 0 unspecified atom stereocenters. The van der Waals surface area contributed by atoms with E-state index in [9.17, 15) is 9.90 Å². The van der Waals surface area contributed by atoms with Gasteiger partial charge in [-0.25, -0.2) is 4.79 Å². The molecule has 138 valence electrons. The molecule has 4 nitrogen and oxygen atoms in total. The smallest absolute Gasteiger partial charge is 0.344 e. The highest BCUT2D eigenvalue weighted by Crippen LogP contribution is 2.40. The van der Waals surface area contributed by atoms with E-state index in [2.05, 4.69) is 17.2 Å². The average Bonchev–Trinajstić information content (AvgIpc) is 2.65. The summed E-state index contributed by atoms with van der Waals surface area (Å²) >= 11 is 0. The number of esters is 1. The number of nitrogens with one attached hydrogen (secondary N) is 1. The molecular weight excluding hydrogens is 338 g/mol. The minimum Gasteiger partial charge on any atom is -0.450 e. The van der Waals surface area contributed by atoms with Crippen LogP contribution in [0.4, 0.5) is 0 Å². The Kier molecular flexibility index (Phi) is 9.59. The van der Waals surface area contributed by atoms with Gasteiger partial charge in [0.1, 0.15) is 0 Å². The Morgan fingerprint density at radius 3 is 2.56 bits per heavy atom. The fourth-order valence-electron chi connectivity index (χ4n) is 3.25. The molecule has 1 aliphatic rings. The van der Waals surface area contributed by atoms with Gasteiger partial charge < -0.3 is 15.2 Å². The number of ether oxygens (including phenoxy) is 1. The van der Waals surface area contributed by atoms with Crippen molar-refractivity contribution >= 4 is 18.4 Å². The highest BCUT2D eigenvalue weighted by atomic mass is 35.5. The van der Waals surface area contributed by atoms with Crippen LogP contribution in [0.25, 0.3) is 0 Å². The van der Waals surface area contributed by atoms with Crippen molar-refractivity contribution in [2.45, 2.75) is 44.6 Å². The molecule has 0 saturated heterocycles. The molecule has 0 radical (unpaired) electrons. The second kappa shape index (κ2) is 11.1. The van der Waals surface area contributed by atoms with Crippen LogP contribution in [0.1, 0.15) is 44.6 Å². The van der Waals surface area contributed by atoms with Gasteiger partial charge in [-0.15, -0.1) is 12.4 Å². The Morgan fingerprint density at radius 2 is 1.92 bits per heavy atom. The molecule has 1 saturated carbocycles. The monoisotopic (exact) mass is 365 g/mol. The van der Waals surface area contributed by atoms with E-state index in [1.165, 1.54) is 0 Å². The minimum atomic E-state index is -1.58. The molecule has 0 aliphatic heterocycles. The molecule has 5 heteroatoms. The van der Waals surface area contributed by atoms with Crippen LogP contribution in [0.2, 0.25) is 0 Å². The van der Waals surface area contributed by atoms with Crippen molar-refractivity contribution in [1.29, 1.82) is 0 Å². The molecule has 0 heterocycles. The summed E-state index contributed by atoms with van der Waals surface area (Å²) in [4.78, 5) is 12.7. The number of benzene rings is 1. The molecule has 1 fully saturated rings. The lowest BCUT2D eigenvalue weighted by atomic mass is 9.73. The molecule has 1 atom stereocenters. The third kappa shape index (κ3) is 5.74. The maximum Gasteiger partial charge on any atom is 0.344 e. The van der Waals surface area contributed by atoms with Crippen molar-refractivity contribution in [1.82, 2.24) is 5.32 Å². The topological polar surface area (TPSA) is 58.6 Å². The van der Waals surface area contributed by atoms with Crippen LogP contribution in [-0.2, 0) is 15.1 Å². The van der Waals surface area contributed by atoms with E-state index >= 15 is 0 Å². The van der Waals surface area contributed by atoms with Crippen LogP contribution in [0.3, 0.4) is 0 Å². The van der Waals surface area contributed by atoms with Crippen LogP contribution in [-0.4, -0.2) is 30.8 Å². The lowest BCUT2D eigenvalue weighted by Crippen LogP contribution is -2.45. The Labute approximate surface area is 156 Å². The molecule has 1 aromatic rings. The SMILES string of the molecule is CCNCC#CCOC(=O)[C@@](O)(c1ccccc1)C1CCCCC1.Cl. The zero-order valence-corrected chi connectivity index (χ0v) is 15.6. The molecule has 1 aliphatic carbocycles. The van der Waals surface area contributed by atoms with Gasteiger partial charge in [0.05, 0.1) is 6.54 Å². The van der Waals surface area contributed by atoms with Gasteiger partial charge in [-0.2, -0.15) is 0 Å². The van der Waals surface area contributed by atoms with Crippen molar-refractivity contribution in [3.05, 3.63) is 35.9 Å². The average molecular weight is 366 g/mol. The first-order valence-corrected chi connectivity index (χ1v) is 8.81. The minimum absolute atomic E-state index is 0. The molecule has 0 bridgehead atoms. The Morgan fingerprint density at radius 1 is 1.24 bits per heavy atom. The van der Waals surface area contributed by atoms with Crippen molar-refractivity contribution in [2.75, 3.05) is 19.7 Å². The lowest BCUT2D eigenvalue weighted by Gasteiger charge is -2.36. The Hall–Kier alpha value is -1.54. The number of rotatable bonds is 6. The number of halogens is 1. The summed E-state index contributed by atoms with van der Waals surface area (Å²) < 4.78 is 5.30.